The van der Waals surface area contributed by atoms with Gasteiger partial charge in [-0.3, -0.25) is 29.0 Å². The maximum Gasteiger partial charge on any atom is 0.261 e. The molecule has 7 rings (SSSR count). The van der Waals surface area contributed by atoms with Crippen LogP contribution in [0.3, 0.4) is 0 Å². The minimum atomic E-state index is -0.240. The second-order valence-corrected chi connectivity index (χ2v) is 11.5. The predicted octanol–water partition coefficient (Wildman–Crippen LogP) is 4.33. The zero-order valence-electron chi connectivity index (χ0n) is 23.5. The smallest absolute Gasteiger partial charge is 0.261 e. The third-order valence-corrected chi connectivity index (χ3v) is 9.18. The Kier molecular flexibility index (Phi) is 6.60. The van der Waals surface area contributed by atoms with Crippen molar-refractivity contribution < 1.29 is 19.2 Å². The van der Waals surface area contributed by atoms with Gasteiger partial charge in [0.25, 0.3) is 23.6 Å². The van der Waals surface area contributed by atoms with Crippen molar-refractivity contribution in [1.29, 1.82) is 0 Å². The molecule has 2 heterocycles. The molecule has 8 nitrogen and oxygen atoms in total. The van der Waals surface area contributed by atoms with Crippen LogP contribution >= 0.6 is 0 Å². The molecule has 2 atom stereocenters. The van der Waals surface area contributed by atoms with E-state index in [0.717, 1.165) is 40.8 Å². The lowest BCUT2D eigenvalue weighted by atomic mass is 9.94. The summed E-state index contributed by atoms with van der Waals surface area (Å²) in [6.07, 6.45) is 2.90. The molecular formula is C34H32N4O4. The molecule has 3 aliphatic rings. The summed E-state index contributed by atoms with van der Waals surface area (Å²) < 4.78 is 0. The number of carbonyl (C=O) groups is 4. The van der Waals surface area contributed by atoms with Gasteiger partial charge in [0, 0.05) is 71.3 Å². The summed E-state index contributed by atoms with van der Waals surface area (Å²) in [5.74, 6) is -0.944. The predicted molar refractivity (Wildman–Crippen MR) is 161 cm³/mol. The summed E-state index contributed by atoms with van der Waals surface area (Å²) in [6, 6.07) is 22.9. The highest BCUT2D eigenvalue weighted by Gasteiger charge is 2.35. The molecule has 4 aromatic carbocycles. The van der Waals surface area contributed by atoms with Crippen LogP contribution in [0.4, 0.5) is 0 Å². The lowest BCUT2D eigenvalue weighted by Gasteiger charge is -2.31. The van der Waals surface area contributed by atoms with E-state index in [0.29, 0.717) is 54.5 Å². The topological polar surface area (TPSA) is 90.0 Å². The van der Waals surface area contributed by atoms with E-state index in [1.165, 1.54) is 9.80 Å². The van der Waals surface area contributed by atoms with Crippen LogP contribution in [0, 0.1) is 0 Å². The third kappa shape index (κ3) is 4.30. The Bertz CT molecular complexity index is 1680. The molecule has 0 bridgehead atoms. The minimum Gasteiger partial charge on any atom is -0.312 e. The molecular weight excluding hydrogens is 528 g/mol. The Morgan fingerprint density at radius 2 is 1.12 bits per heavy atom. The molecule has 2 unspecified atom stereocenters. The fraction of sp³-hybridized carbons (Fsp3) is 0.294. The number of nitrogens with zero attached hydrogens (tertiary/aromatic N) is 3. The molecule has 0 saturated heterocycles. The molecule has 1 fully saturated rings. The van der Waals surface area contributed by atoms with Crippen LogP contribution < -0.4 is 5.32 Å². The van der Waals surface area contributed by atoms with Crippen molar-refractivity contribution in [2.75, 3.05) is 33.2 Å². The number of hydrogen-bond acceptors (Lipinski definition) is 6. The Hall–Kier alpha value is -4.40. The van der Waals surface area contributed by atoms with Gasteiger partial charge in [-0.15, -0.1) is 0 Å². The van der Waals surface area contributed by atoms with Crippen molar-refractivity contribution in [3.63, 3.8) is 0 Å². The first-order chi connectivity index (χ1) is 20.4. The van der Waals surface area contributed by atoms with Crippen molar-refractivity contribution in [3.05, 3.63) is 95.1 Å². The van der Waals surface area contributed by atoms with Crippen LogP contribution in [0.15, 0.2) is 72.8 Å². The van der Waals surface area contributed by atoms with Gasteiger partial charge < -0.3 is 10.2 Å². The first-order valence-corrected chi connectivity index (χ1v) is 14.6. The van der Waals surface area contributed by atoms with Crippen molar-refractivity contribution in [1.82, 2.24) is 20.0 Å². The Morgan fingerprint density at radius 3 is 1.60 bits per heavy atom. The van der Waals surface area contributed by atoms with E-state index in [9.17, 15) is 19.2 Å². The van der Waals surface area contributed by atoms with Crippen LogP contribution in [0.1, 0.15) is 60.7 Å². The maximum absolute atomic E-state index is 13.2. The van der Waals surface area contributed by atoms with Gasteiger partial charge in [-0.05, 0) is 61.3 Å². The number of hydrogen-bond donors (Lipinski definition) is 1. The number of amides is 4. The van der Waals surface area contributed by atoms with Crippen LogP contribution in [-0.4, -0.2) is 83.6 Å². The van der Waals surface area contributed by atoms with Gasteiger partial charge in [-0.2, -0.15) is 0 Å². The van der Waals surface area contributed by atoms with E-state index in [1.54, 1.807) is 24.3 Å². The third-order valence-electron chi connectivity index (χ3n) is 9.18. The van der Waals surface area contributed by atoms with Gasteiger partial charge in [-0.1, -0.05) is 48.5 Å². The Morgan fingerprint density at radius 1 is 0.667 bits per heavy atom. The largest absolute Gasteiger partial charge is 0.312 e. The molecule has 0 spiro atoms. The first kappa shape index (κ1) is 26.5. The molecule has 4 amide bonds. The Labute approximate surface area is 243 Å². The summed E-state index contributed by atoms with van der Waals surface area (Å²) >= 11 is 0. The lowest BCUT2D eigenvalue weighted by Crippen LogP contribution is -2.46. The highest BCUT2D eigenvalue weighted by atomic mass is 16.2. The van der Waals surface area contributed by atoms with Gasteiger partial charge in [0.15, 0.2) is 0 Å². The van der Waals surface area contributed by atoms with Crippen molar-refractivity contribution in [2.24, 2.45) is 0 Å². The quantitative estimate of drug-likeness (QED) is 0.323. The maximum atomic E-state index is 13.2. The van der Waals surface area contributed by atoms with Crippen LogP contribution in [-0.2, 0) is 0 Å². The zero-order valence-corrected chi connectivity index (χ0v) is 23.5. The molecule has 4 aromatic rings. The number of likely N-dealkylation sites (N-methyl/N-ethyl adjacent to an activating group) is 1. The van der Waals surface area contributed by atoms with E-state index in [-0.39, 0.29) is 29.7 Å². The van der Waals surface area contributed by atoms with Gasteiger partial charge >= 0.3 is 0 Å². The van der Waals surface area contributed by atoms with E-state index in [2.05, 4.69) is 10.2 Å². The number of benzene rings is 4. The lowest BCUT2D eigenvalue weighted by molar-refractivity contribution is 0.0583. The van der Waals surface area contributed by atoms with Crippen molar-refractivity contribution in [2.45, 2.75) is 31.3 Å². The highest BCUT2D eigenvalue weighted by Crippen LogP contribution is 2.31. The van der Waals surface area contributed by atoms with Crippen molar-refractivity contribution in [3.8, 4) is 0 Å². The molecule has 2 aliphatic heterocycles. The summed E-state index contributed by atoms with van der Waals surface area (Å²) in [6.45, 7) is 1.76. The standard InChI is InChI=1S/C34H32N4O4/c1-36(18-19-38-33(41)27-12-4-8-22-9-5-13-28(30(22)27)34(38)42)24-15-14-23(20-24)35-16-17-37-31(39)25-10-2-6-21-7-3-11-26(29(21)25)32(37)40/h2-13,23-24,35H,14-20H2,1H3. The number of imide groups is 2. The van der Waals surface area contributed by atoms with Gasteiger partial charge in [0.1, 0.15) is 0 Å². The average Bonchev–Trinajstić information content (AvgIpc) is 3.49. The monoisotopic (exact) mass is 560 g/mol. The van der Waals surface area contributed by atoms with Crippen LogP contribution in [0.2, 0.25) is 0 Å². The van der Waals surface area contributed by atoms with Gasteiger partial charge in [-0.25, -0.2) is 0 Å². The van der Waals surface area contributed by atoms with E-state index in [4.69, 9.17) is 0 Å². The van der Waals surface area contributed by atoms with Crippen molar-refractivity contribution >= 4 is 45.2 Å². The molecule has 212 valence electrons. The molecule has 1 saturated carbocycles. The second kappa shape index (κ2) is 10.5. The van der Waals surface area contributed by atoms with Crippen LogP contribution in [0.25, 0.3) is 21.5 Å². The Balaban J connectivity index is 0.931. The van der Waals surface area contributed by atoms with Gasteiger partial charge in [0.05, 0.1) is 0 Å². The summed E-state index contributed by atoms with van der Waals surface area (Å²) in [5, 5.41) is 6.86. The molecule has 0 radical (unpaired) electrons. The van der Waals surface area contributed by atoms with Gasteiger partial charge in [0.2, 0.25) is 0 Å². The zero-order chi connectivity index (χ0) is 29.0. The molecule has 1 aliphatic carbocycles. The normalized spacial score (nSPS) is 20.0. The fourth-order valence-corrected chi connectivity index (χ4v) is 6.93. The SMILES string of the molecule is CN(CCN1C(=O)c2cccc3cccc(c23)C1=O)C1CCC(NCCN2C(=O)c3cccc4cccc(c34)C2=O)C1. The molecule has 1 N–H and O–H groups in total. The van der Waals surface area contributed by atoms with E-state index < -0.39 is 0 Å². The number of carbonyl (C=O) groups excluding carboxylic acids is 4. The van der Waals surface area contributed by atoms with Crippen LogP contribution in [0.5, 0.6) is 0 Å². The average molecular weight is 561 g/mol. The summed E-state index contributed by atoms with van der Waals surface area (Å²) in [7, 11) is 2.05. The highest BCUT2D eigenvalue weighted by molar-refractivity contribution is 6.26. The van der Waals surface area contributed by atoms with E-state index >= 15 is 0 Å². The fourth-order valence-electron chi connectivity index (χ4n) is 6.93. The number of nitrogens with one attached hydrogen (secondary N) is 1. The summed E-state index contributed by atoms with van der Waals surface area (Å²) in [4.78, 5) is 57.8. The number of rotatable bonds is 8. The summed E-state index contributed by atoms with van der Waals surface area (Å²) in [5.41, 5.74) is 2.33. The minimum absolute atomic E-state index is 0.232. The van der Waals surface area contributed by atoms with E-state index in [1.807, 2.05) is 55.6 Å². The second-order valence-electron chi connectivity index (χ2n) is 11.5. The molecule has 8 heteroatoms. The first-order valence-electron chi connectivity index (χ1n) is 14.6. The molecule has 0 aromatic heterocycles. The molecule has 42 heavy (non-hydrogen) atoms.